The molecular weight excluding hydrogens is 348 g/mol. The van der Waals surface area contributed by atoms with Crippen LogP contribution in [0.4, 0.5) is 0 Å². The second-order valence-electron chi connectivity index (χ2n) is 6.63. The second-order valence-corrected chi connectivity index (χ2v) is 6.63. The molecule has 140 valence electrons. The number of carbonyl (C=O) groups is 1. The molecule has 2 aromatic carbocycles. The molecular formula is C23H22N4O. The van der Waals surface area contributed by atoms with Crippen molar-refractivity contribution in [1.82, 2.24) is 19.9 Å². The van der Waals surface area contributed by atoms with E-state index in [-0.39, 0.29) is 5.91 Å². The van der Waals surface area contributed by atoms with Crippen LogP contribution in [0.1, 0.15) is 28.5 Å². The molecule has 0 bridgehead atoms. The molecule has 5 heteroatoms. The first-order valence-electron chi connectivity index (χ1n) is 9.51. The predicted molar refractivity (Wildman–Crippen MR) is 110 cm³/mol. The number of fused-ring (bicyclic) bond motifs is 1. The highest BCUT2D eigenvalue weighted by molar-refractivity contribution is 5.95. The Morgan fingerprint density at radius 3 is 2.46 bits per heavy atom. The maximum Gasteiger partial charge on any atom is 0.254 e. The zero-order chi connectivity index (χ0) is 19.3. The second kappa shape index (κ2) is 8.05. The van der Waals surface area contributed by atoms with Gasteiger partial charge in [-0.2, -0.15) is 5.10 Å². The molecule has 4 aromatic rings. The van der Waals surface area contributed by atoms with Crippen molar-refractivity contribution in [3.05, 3.63) is 89.7 Å². The number of carbonyl (C=O) groups excluding carboxylic acids is 1. The van der Waals surface area contributed by atoms with Gasteiger partial charge in [-0.25, -0.2) is 9.50 Å². The van der Waals surface area contributed by atoms with Crippen LogP contribution in [0.5, 0.6) is 0 Å². The lowest BCUT2D eigenvalue weighted by Gasteiger charge is -2.10. The van der Waals surface area contributed by atoms with Gasteiger partial charge in [-0.05, 0) is 18.4 Å². The fraction of sp³-hybridized carbons (Fsp3) is 0.174. The molecule has 0 saturated carbocycles. The number of benzene rings is 2. The molecule has 1 N–H and O–H groups in total. The minimum atomic E-state index is -0.112. The Balaban J connectivity index is 1.57. The van der Waals surface area contributed by atoms with E-state index in [0.29, 0.717) is 18.5 Å². The van der Waals surface area contributed by atoms with Crippen LogP contribution in [0.15, 0.2) is 72.9 Å². The normalized spacial score (nSPS) is 10.9. The molecule has 0 aliphatic rings. The van der Waals surface area contributed by atoms with E-state index in [1.54, 1.807) is 10.7 Å². The predicted octanol–water partition coefficient (Wildman–Crippen LogP) is 3.93. The van der Waals surface area contributed by atoms with E-state index in [1.165, 1.54) is 5.56 Å². The van der Waals surface area contributed by atoms with Crippen molar-refractivity contribution >= 4 is 11.6 Å². The van der Waals surface area contributed by atoms with Crippen LogP contribution in [0.25, 0.3) is 16.9 Å². The van der Waals surface area contributed by atoms with Crippen LogP contribution in [0.3, 0.4) is 0 Å². The first kappa shape index (κ1) is 17.9. The van der Waals surface area contributed by atoms with Crippen molar-refractivity contribution in [3.63, 3.8) is 0 Å². The smallest absolute Gasteiger partial charge is 0.254 e. The third-order valence-corrected chi connectivity index (χ3v) is 4.77. The quantitative estimate of drug-likeness (QED) is 0.559. The van der Waals surface area contributed by atoms with Crippen molar-refractivity contribution in [3.8, 4) is 11.3 Å². The molecule has 0 spiro atoms. The first-order valence-corrected chi connectivity index (χ1v) is 9.51. The lowest BCUT2D eigenvalue weighted by molar-refractivity contribution is 0.0952. The summed E-state index contributed by atoms with van der Waals surface area (Å²) in [6.45, 7) is 2.61. The van der Waals surface area contributed by atoms with E-state index in [9.17, 15) is 4.79 Å². The summed E-state index contributed by atoms with van der Waals surface area (Å²) in [5.74, 6) is -0.112. The Bertz CT molecular complexity index is 1090. The molecule has 0 unspecified atom stereocenters. The van der Waals surface area contributed by atoms with Crippen LogP contribution < -0.4 is 5.32 Å². The Labute approximate surface area is 164 Å². The number of amides is 1. The standard InChI is InChI=1S/C23H22N4O/c1-2-21-19(23(28)24-14-13-17-9-5-3-6-10-17)16-25-22-15-20(26-27(21)22)18-11-7-4-8-12-18/h3-12,15-16H,2,13-14H2,1H3,(H,24,28). The largest absolute Gasteiger partial charge is 0.352 e. The minimum absolute atomic E-state index is 0.112. The third kappa shape index (κ3) is 3.64. The van der Waals surface area contributed by atoms with E-state index in [1.807, 2.05) is 61.5 Å². The summed E-state index contributed by atoms with van der Waals surface area (Å²) in [6.07, 6.45) is 3.14. The van der Waals surface area contributed by atoms with E-state index in [2.05, 4.69) is 22.4 Å². The summed E-state index contributed by atoms with van der Waals surface area (Å²) in [4.78, 5) is 17.2. The summed E-state index contributed by atoms with van der Waals surface area (Å²) in [5, 5.41) is 7.70. The lowest BCUT2D eigenvalue weighted by atomic mass is 10.1. The van der Waals surface area contributed by atoms with Crippen LogP contribution in [-0.4, -0.2) is 27.0 Å². The summed E-state index contributed by atoms with van der Waals surface area (Å²) < 4.78 is 1.79. The van der Waals surface area contributed by atoms with Gasteiger partial charge in [0.25, 0.3) is 5.91 Å². The minimum Gasteiger partial charge on any atom is -0.352 e. The average Bonchev–Trinajstić information content (AvgIpc) is 3.19. The van der Waals surface area contributed by atoms with Gasteiger partial charge in [0.05, 0.1) is 17.0 Å². The number of aromatic nitrogens is 3. The van der Waals surface area contributed by atoms with Gasteiger partial charge in [-0.3, -0.25) is 4.79 Å². The number of nitrogens with zero attached hydrogens (tertiary/aromatic N) is 3. The number of rotatable bonds is 6. The number of hydrogen-bond donors (Lipinski definition) is 1. The molecule has 0 atom stereocenters. The van der Waals surface area contributed by atoms with Gasteiger partial charge >= 0.3 is 0 Å². The topological polar surface area (TPSA) is 59.3 Å². The Morgan fingerprint density at radius 1 is 1.04 bits per heavy atom. The van der Waals surface area contributed by atoms with Gasteiger partial charge < -0.3 is 5.32 Å². The fourth-order valence-electron chi connectivity index (χ4n) is 3.32. The van der Waals surface area contributed by atoms with Crippen LogP contribution in [-0.2, 0) is 12.8 Å². The molecule has 2 aromatic heterocycles. The van der Waals surface area contributed by atoms with Crippen LogP contribution >= 0.6 is 0 Å². The zero-order valence-electron chi connectivity index (χ0n) is 15.8. The van der Waals surface area contributed by atoms with Crippen LogP contribution in [0, 0.1) is 0 Å². The van der Waals surface area contributed by atoms with Crippen LogP contribution in [0.2, 0.25) is 0 Å². The molecule has 0 radical (unpaired) electrons. The van der Waals surface area contributed by atoms with Crippen molar-refractivity contribution in [2.24, 2.45) is 0 Å². The van der Waals surface area contributed by atoms with Gasteiger partial charge in [0.2, 0.25) is 0 Å². The molecule has 0 aliphatic heterocycles. The van der Waals surface area contributed by atoms with Crippen molar-refractivity contribution in [2.45, 2.75) is 19.8 Å². The molecule has 0 fully saturated rings. The van der Waals surface area contributed by atoms with E-state index in [4.69, 9.17) is 5.10 Å². The van der Waals surface area contributed by atoms with Gasteiger partial charge in [-0.15, -0.1) is 0 Å². The maximum absolute atomic E-state index is 12.7. The number of hydrogen-bond acceptors (Lipinski definition) is 3. The van der Waals surface area contributed by atoms with E-state index >= 15 is 0 Å². The monoisotopic (exact) mass is 370 g/mol. The zero-order valence-corrected chi connectivity index (χ0v) is 15.8. The summed E-state index contributed by atoms with van der Waals surface area (Å²) in [5.41, 5.74) is 5.27. The maximum atomic E-state index is 12.7. The lowest BCUT2D eigenvalue weighted by Crippen LogP contribution is -2.27. The molecule has 4 rings (SSSR count). The molecule has 28 heavy (non-hydrogen) atoms. The van der Waals surface area contributed by atoms with E-state index in [0.717, 1.165) is 29.0 Å². The van der Waals surface area contributed by atoms with Gasteiger partial charge in [0.15, 0.2) is 5.65 Å². The Morgan fingerprint density at radius 2 is 1.75 bits per heavy atom. The molecule has 0 aliphatic carbocycles. The highest BCUT2D eigenvalue weighted by atomic mass is 16.1. The van der Waals surface area contributed by atoms with Crippen molar-refractivity contribution in [1.29, 1.82) is 0 Å². The highest BCUT2D eigenvalue weighted by Crippen LogP contribution is 2.20. The molecule has 2 heterocycles. The Hall–Kier alpha value is -3.47. The van der Waals surface area contributed by atoms with Crippen molar-refractivity contribution < 1.29 is 4.79 Å². The third-order valence-electron chi connectivity index (χ3n) is 4.77. The first-order chi connectivity index (χ1) is 13.8. The molecule has 1 amide bonds. The van der Waals surface area contributed by atoms with Gasteiger partial charge in [0.1, 0.15) is 0 Å². The summed E-state index contributed by atoms with van der Waals surface area (Å²) in [7, 11) is 0. The van der Waals surface area contributed by atoms with Gasteiger partial charge in [0, 0.05) is 24.4 Å². The van der Waals surface area contributed by atoms with Crippen molar-refractivity contribution in [2.75, 3.05) is 6.54 Å². The SMILES string of the molecule is CCc1c(C(=O)NCCc2ccccc2)cnc2cc(-c3ccccc3)nn12. The summed E-state index contributed by atoms with van der Waals surface area (Å²) in [6, 6.07) is 22.1. The highest BCUT2D eigenvalue weighted by Gasteiger charge is 2.16. The Kier molecular flexibility index (Phi) is 5.15. The molecule has 5 nitrogen and oxygen atoms in total. The number of aryl methyl sites for hydroxylation is 1. The van der Waals surface area contributed by atoms with Gasteiger partial charge in [-0.1, -0.05) is 67.6 Å². The number of nitrogens with one attached hydrogen (secondary N) is 1. The molecule has 0 saturated heterocycles. The van der Waals surface area contributed by atoms with E-state index < -0.39 is 0 Å². The average molecular weight is 370 g/mol. The fourth-order valence-corrected chi connectivity index (χ4v) is 3.32. The summed E-state index contributed by atoms with van der Waals surface area (Å²) >= 11 is 0.